The third-order valence-electron chi connectivity index (χ3n) is 4.88. The van der Waals surface area contributed by atoms with E-state index in [1.807, 2.05) is 37.3 Å². The number of hydrogen-bond acceptors (Lipinski definition) is 3. The zero-order chi connectivity index (χ0) is 18.4. The second kappa shape index (κ2) is 6.35. The Bertz CT molecular complexity index is 1140. The first-order chi connectivity index (χ1) is 13.2. The van der Waals surface area contributed by atoms with Gasteiger partial charge in [-0.1, -0.05) is 36.4 Å². The Morgan fingerprint density at radius 2 is 1.89 bits per heavy atom. The minimum atomic E-state index is 0.0285. The van der Waals surface area contributed by atoms with E-state index < -0.39 is 0 Å². The van der Waals surface area contributed by atoms with E-state index in [0.717, 1.165) is 45.1 Å². The summed E-state index contributed by atoms with van der Waals surface area (Å²) in [5, 5.41) is 4.07. The normalized spacial score (nSPS) is 13.8. The molecule has 1 aliphatic carbocycles. The van der Waals surface area contributed by atoms with Crippen LogP contribution in [0.4, 0.5) is 0 Å². The topological polar surface area (TPSA) is 46.9 Å². The maximum absolute atomic E-state index is 12.3. The number of imidazole rings is 1. The maximum atomic E-state index is 12.3. The molecular weight excluding hydrogens is 354 g/mol. The molecule has 0 spiro atoms. The van der Waals surface area contributed by atoms with Gasteiger partial charge in [0.05, 0.1) is 15.9 Å². The van der Waals surface area contributed by atoms with Gasteiger partial charge < -0.3 is 5.32 Å². The highest BCUT2D eigenvalue weighted by Crippen LogP contribution is 2.30. The molecule has 1 aliphatic rings. The van der Waals surface area contributed by atoms with E-state index in [1.54, 1.807) is 0 Å². The summed E-state index contributed by atoms with van der Waals surface area (Å²) >= 11 is 1.51. The van der Waals surface area contributed by atoms with Gasteiger partial charge in [-0.3, -0.25) is 9.36 Å². The van der Waals surface area contributed by atoms with Crippen LogP contribution < -0.4 is 5.32 Å². The van der Waals surface area contributed by atoms with Crippen molar-refractivity contribution in [2.75, 3.05) is 0 Å². The third kappa shape index (κ3) is 3.04. The molecule has 2 aromatic heterocycles. The molecule has 0 aliphatic heterocycles. The lowest BCUT2D eigenvalue weighted by Crippen LogP contribution is -2.24. The zero-order valence-corrected chi connectivity index (χ0v) is 15.8. The number of thiophene rings is 1. The van der Waals surface area contributed by atoms with Crippen LogP contribution >= 0.6 is 11.3 Å². The first-order valence-electron chi connectivity index (χ1n) is 9.14. The number of aromatic nitrogens is 2. The molecule has 0 saturated heterocycles. The Labute approximate surface area is 161 Å². The number of benzene rings is 2. The van der Waals surface area contributed by atoms with Crippen LogP contribution in [-0.4, -0.2) is 21.5 Å². The Morgan fingerprint density at radius 3 is 2.67 bits per heavy atom. The van der Waals surface area contributed by atoms with Crippen LogP contribution in [0, 0.1) is 6.92 Å². The van der Waals surface area contributed by atoms with Crippen LogP contribution in [0.1, 0.15) is 28.3 Å². The lowest BCUT2D eigenvalue weighted by Gasteiger charge is -2.06. The Hall–Kier alpha value is -2.92. The molecule has 134 valence electrons. The average Bonchev–Trinajstić information content (AvgIpc) is 3.25. The third-order valence-corrected chi connectivity index (χ3v) is 5.95. The van der Waals surface area contributed by atoms with Crippen LogP contribution in [0.3, 0.4) is 0 Å². The number of hydrogen-bond donors (Lipinski definition) is 1. The minimum Gasteiger partial charge on any atom is -0.349 e. The molecule has 1 saturated carbocycles. The van der Waals surface area contributed by atoms with Crippen molar-refractivity contribution in [1.29, 1.82) is 0 Å². The van der Waals surface area contributed by atoms with Crippen molar-refractivity contribution in [3.63, 3.8) is 0 Å². The van der Waals surface area contributed by atoms with Crippen molar-refractivity contribution in [1.82, 2.24) is 14.9 Å². The second-order valence-corrected chi connectivity index (χ2v) is 8.01. The summed E-state index contributed by atoms with van der Waals surface area (Å²) in [5.41, 5.74) is 4.36. The summed E-state index contributed by atoms with van der Waals surface area (Å²) in [6.45, 7) is 2.01. The fourth-order valence-electron chi connectivity index (χ4n) is 3.34. The van der Waals surface area contributed by atoms with E-state index in [2.05, 4.69) is 40.2 Å². The Morgan fingerprint density at radius 1 is 1.07 bits per heavy atom. The predicted octanol–water partition coefficient (Wildman–Crippen LogP) is 4.95. The largest absolute Gasteiger partial charge is 0.349 e. The molecule has 4 aromatic rings. The summed E-state index contributed by atoms with van der Waals surface area (Å²) in [4.78, 5) is 17.8. The number of carbonyl (C=O) groups excluding carboxylic acids is 1. The van der Waals surface area contributed by atoms with Gasteiger partial charge in [-0.25, -0.2) is 4.98 Å². The number of amides is 1. The fourth-order valence-corrected chi connectivity index (χ4v) is 4.31. The number of rotatable bonds is 4. The van der Waals surface area contributed by atoms with E-state index in [1.165, 1.54) is 16.9 Å². The van der Waals surface area contributed by atoms with Gasteiger partial charge in [0.2, 0.25) is 0 Å². The van der Waals surface area contributed by atoms with E-state index in [-0.39, 0.29) is 5.91 Å². The van der Waals surface area contributed by atoms with E-state index in [4.69, 9.17) is 4.98 Å². The van der Waals surface area contributed by atoms with Gasteiger partial charge in [-0.05, 0) is 55.2 Å². The van der Waals surface area contributed by atoms with E-state index in [9.17, 15) is 4.79 Å². The first-order valence-corrected chi connectivity index (χ1v) is 9.96. The Kier molecular flexibility index (Phi) is 3.83. The minimum absolute atomic E-state index is 0.0285. The van der Waals surface area contributed by atoms with Crippen molar-refractivity contribution < 1.29 is 4.79 Å². The molecule has 0 bridgehead atoms. The van der Waals surface area contributed by atoms with Gasteiger partial charge in [-0.2, -0.15) is 0 Å². The molecule has 1 amide bonds. The summed E-state index contributed by atoms with van der Waals surface area (Å²) < 4.78 is 2.14. The standard InChI is InChI=1S/C22H19N3OS/c1-14-23-18-10-7-16(15-5-3-2-4-6-15)13-19(18)25(14)21-12-11-20(27-21)22(26)24-17-8-9-17/h2-7,10-13,17H,8-9H2,1H3,(H,24,26). The highest BCUT2D eigenvalue weighted by Gasteiger charge is 2.24. The van der Waals surface area contributed by atoms with Crippen LogP contribution in [0.5, 0.6) is 0 Å². The van der Waals surface area contributed by atoms with Gasteiger partial charge in [-0.15, -0.1) is 11.3 Å². The van der Waals surface area contributed by atoms with Gasteiger partial charge in [0.1, 0.15) is 10.8 Å². The SMILES string of the molecule is Cc1nc2ccc(-c3ccccc3)cc2n1-c1ccc(C(=O)NC2CC2)s1. The summed E-state index contributed by atoms with van der Waals surface area (Å²) in [6.07, 6.45) is 2.19. The van der Waals surface area contributed by atoms with Gasteiger partial charge >= 0.3 is 0 Å². The van der Waals surface area contributed by atoms with Crippen LogP contribution in [0.25, 0.3) is 27.2 Å². The summed E-state index contributed by atoms with van der Waals surface area (Å²) in [5.74, 6) is 0.951. The monoisotopic (exact) mass is 373 g/mol. The van der Waals surface area contributed by atoms with Gasteiger partial charge in [0.25, 0.3) is 5.91 Å². The van der Waals surface area contributed by atoms with Crippen LogP contribution in [0.15, 0.2) is 60.7 Å². The molecule has 0 atom stereocenters. The van der Waals surface area contributed by atoms with Crippen molar-refractivity contribution >= 4 is 28.3 Å². The molecule has 2 aromatic carbocycles. The lowest BCUT2D eigenvalue weighted by atomic mass is 10.1. The van der Waals surface area contributed by atoms with Crippen LogP contribution in [-0.2, 0) is 0 Å². The number of nitrogens with zero attached hydrogens (tertiary/aromatic N) is 2. The van der Waals surface area contributed by atoms with Gasteiger partial charge in [0.15, 0.2) is 0 Å². The number of carbonyl (C=O) groups is 1. The molecular formula is C22H19N3OS. The number of fused-ring (bicyclic) bond motifs is 1. The van der Waals surface area contributed by atoms with E-state index >= 15 is 0 Å². The quantitative estimate of drug-likeness (QED) is 0.550. The van der Waals surface area contributed by atoms with Crippen molar-refractivity contribution in [3.8, 4) is 16.1 Å². The molecule has 4 nitrogen and oxygen atoms in total. The molecule has 1 N–H and O–H groups in total. The number of aryl methyl sites for hydroxylation is 1. The maximum Gasteiger partial charge on any atom is 0.261 e. The lowest BCUT2D eigenvalue weighted by molar-refractivity contribution is 0.0955. The van der Waals surface area contributed by atoms with Crippen molar-refractivity contribution in [3.05, 3.63) is 71.4 Å². The molecule has 5 heteroatoms. The van der Waals surface area contributed by atoms with Gasteiger partial charge in [0, 0.05) is 6.04 Å². The molecule has 1 fully saturated rings. The smallest absolute Gasteiger partial charge is 0.261 e. The predicted molar refractivity (Wildman–Crippen MR) is 110 cm³/mol. The second-order valence-electron chi connectivity index (χ2n) is 6.95. The van der Waals surface area contributed by atoms with E-state index in [0.29, 0.717) is 6.04 Å². The first kappa shape index (κ1) is 16.3. The molecule has 5 rings (SSSR count). The molecule has 27 heavy (non-hydrogen) atoms. The van der Waals surface area contributed by atoms with Crippen molar-refractivity contribution in [2.45, 2.75) is 25.8 Å². The summed E-state index contributed by atoms with van der Waals surface area (Å²) in [6, 6.07) is 21.0. The summed E-state index contributed by atoms with van der Waals surface area (Å²) in [7, 11) is 0. The molecule has 0 unspecified atom stereocenters. The zero-order valence-electron chi connectivity index (χ0n) is 15.0. The fraction of sp³-hybridized carbons (Fsp3) is 0.182. The highest BCUT2D eigenvalue weighted by molar-refractivity contribution is 7.16. The highest BCUT2D eigenvalue weighted by atomic mass is 32.1. The number of nitrogens with one attached hydrogen (secondary N) is 1. The average molecular weight is 373 g/mol. The molecule has 2 heterocycles. The van der Waals surface area contributed by atoms with Crippen molar-refractivity contribution in [2.24, 2.45) is 0 Å². The molecule has 0 radical (unpaired) electrons. The van der Waals surface area contributed by atoms with Crippen LogP contribution in [0.2, 0.25) is 0 Å². The Balaban J connectivity index is 1.57.